The molecule has 0 amide bonds. The molecule has 0 saturated heterocycles. The molecule has 11 heteroatoms. The average molecular weight is 628 g/mol. The number of benzene rings is 2. The Bertz CT molecular complexity index is 1850. The normalized spacial score (nSPS) is 15.1. The largest absolute Gasteiger partial charge is 0.491 e. The van der Waals surface area contributed by atoms with Crippen molar-refractivity contribution in [2.45, 2.75) is 32.9 Å². The molecule has 5 rings (SSSR count). The molecule has 0 spiro atoms. The first-order valence-corrected chi connectivity index (χ1v) is 14.7. The number of fused-ring (bicyclic) bond motifs is 1. The van der Waals surface area contributed by atoms with Gasteiger partial charge in [0.25, 0.3) is 5.56 Å². The lowest BCUT2D eigenvalue weighted by atomic mass is 9.95. The zero-order valence-electron chi connectivity index (χ0n) is 23.4. The second-order valence-corrected chi connectivity index (χ2v) is 11.6. The van der Waals surface area contributed by atoms with Crippen molar-refractivity contribution in [2.24, 2.45) is 4.99 Å². The van der Waals surface area contributed by atoms with Crippen molar-refractivity contribution < 1.29 is 23.4 Å². The number of thiazole rings is 1. The number of halogens is 2. The Hall–Kier alpha value is -3.63. The van der Waals surface area contributed by atoms with Crippen LogP contribution in [-0.2, 0) is 14.3 Å². The lowest BCUT2D eigenvalue weighted by Crippen LogP contribution is -2.40. The first-order chi connectivity index (χ1) is 20.2. The highest BCUT2D eigenvalue weighted by Gasteiger charge is 2.35. The summed E-state index contributed by atoms with van der Waals surface area (Å²) in [6, 6.07) is 15.2. The van der Waals surface area contributed by atoms with Crippen molar-refractivity contribution >= 4 is 46.6 Å². The van der Waals surface area contributed by atoms with E-state index in [2.05, 4.69) is 4.99 Å². The van der Waals surface area contributed by atoms with Crippen molar-refractivity contribution in [3.05, 3.63) is 107 Å². The van der Waals surface area contributed by atoms with Gasteiger partial charge in [-0.05, 0) is 57.2 Å². The van der Waals surface area contributed by atoms with Crippen molar-refractivity contribution in [3.63, 3.8) is 0 Å². The van der Waals surface area contributed by atoms with E-state index in [-0.39, 0.29) is 30.5 Å². The fraction of sp³-hybridized carbons (Fsp3) is 0.258. The Labute approximate surface area is 256 Å². The minimum Gasteiger partial charge on any atom is -0.491 e. The minimum absolute atomic E-state index is 0.0614. The van der Waals surface area contributed by atoms with Crippen LogP contribution in [0.5, 0.6) is 5.75 Å². The molecular weight excluding hydrogens is 599 g/mol. The molecule has 42 heavy (non-hydrogen) atoms. The number of carbonyl (C=O) groups excluding carboxylic acids is 1. The maximum absolute atomic E-state index is 14.0. The third-order valence-electron chi connectivity index (χ3n) is 6.44. The number of rotatable bonds is 9. The van der Waals surface area contributed by atoms with Crippen molar-refractivity contribution in [3.8, 4) is 17.1 Å². The summed E-state index contributed by atoms with van der Waals surface area (Å²) in [7, 11) is 1.53. The Kier molecular flexibility index (Phi) is 9.03. The maximum Gasteiger partial charge on any atom is 0.338 e. The van der Waals surface area contributed by atoms with Crippen molar-refractivity contribution in [1.82, 2.24) is 4.57 Å². The molecule has 0 aliphatic carbocycles. The molecule has 2 aromatic heterocycles. The smallest absolute Gasteiger partial charge is 0.338 e. The molecule has 0 bridgehead atoms. The number of esters is 1. The highest BCUT2D eigenvalue weighted by Crippen LogP contribution is 2.36. The topological polar surface area (TPSA) is 92.3 Å². The molecule has 4 aromatic rings. The van der Waals surface area contributed by atoms with Crippen LogP contribution in [0.25, 0.3) is 17.4 Å². The highest BCUT2D eigenvalue weighted by atomic mass is 35.5. The van der Waals surface area contributed by atoms with Gasteiger partial charge < -0.3 is 18.6 Å². The zero-order chi connectivity index (χ0) is 30.0. The molecule has 1 atom stereocenters. The number of furan rings is 1. The van der Waals surface area contributed by atoms with Gasteiger partial charge in [0.15, 0.2) is 4.80 Å². The molecule has 0 fully saturated rings. The minimum atomic E-state index is -0.826. The first kappa shape index (κ1) is 29.8. The van der Waals surface area contributed by atoms with Crippen LogP contribution in [0, 0.1) is 0 Å². The number of nitrogens with zero attached hydrogens (tertiary/aromatic N) is 2. The monoisotopic (exact) mass is 626 g/mol. The van der Waals surface area contributed by atoms with Crippen LogP contribution < -0.4 is 19.6 Å². The summed E-state index contributed by atoms with van der Waals surface area (Å²) < 4.78 is 24.6. The lowest BCUT2D eigenvalue weighted by molar-refractivity contribution is -0.140. The molecule has 0 saturated carbocycles. The third kappa shape index (κ3) is 6.10. The Balaban J connectivity index is 1.64. The summed E-state index contributed by atoms with van der Waals surface area (Å²) in [5.41, 5.74) is 1.69. The van der Waals surface area contributed by atoms with Gasteiger partial charge in [0.1, 0.15) is 29.9 Å². The third-order valence-corrected chi connectivity index (χ3v) is 7.97. The van der Waals surface area contributed by atoms with Gasteiger partial charge in [-0.2, -0.15) is 0 Å². The molecular formula is C31H28Cl2N2O6S. The van der Waals surface area contributed by atoms with E-state index in [1.165, 1.54) is 23.0 Å². The summed E-state index contributed by atoms with van der Waals surface area (Å²) in [5.74, 6) is 0.962. The molecule has 218 valence electrons. The molecule has 0 N–H and O–H groups in total. The van der Waals surface area contributed by atoms with Gasteiger partial charge in [-0.15, -0.1) is 0 Å². The molecule has 2 aromatic carbocycles. The number of carbonyl (C=O) groups is 1. The summed E-state index contributed by atoms with van der Waals surface area (Å²) >= 11 is 13.6. The molecule has 1 aliphatic rings. The zero-order valence-corrected chi connectivity index (χ0v) is 25.7. The molecule has 0 radical (unpaired) electrons. The van der Waals surface area contributed by atoms with Crippen LogP contribution >= 0.6 is 34.5 Å². The first-order valence-electron chi connectivity index (χ1n) is 13.2. The van der Waals surface area contributed by atoms with E-state index >= 15 is 0 Å². The second kappa shape index (κ2) is 12.7. The summed E-state index contributed by atoms with van der Waals surface area (Å²) in [4.78, 5) is 32.5. The standard InChI is InChI=1S/C31H28Cl2N2O6S/c1-17(2)40-24-8-6-5-7-22(24)28-27(30(37)39-14-13-38-4)18(3)34-31-35(28)29(36)26(42-31)16-20-10-12-25(41-20)21-11-9-19(32)15-23(21)33/h5-12,15-17,28H,13-14H2,1-4H3/b26-16+/t28-/m0/s1. The fourth-order valence-electron chi connectivity index (χ4n) is 4.63. The number of hydrogen-bond donors (Lipinski definition) is 0. The van der Waals surface area contributed by atoms with Crippen LogP contribution in [0.15, 0.2) is 80.1 Å². The van der Waals surface area contributed by atoms with E-state index in [1.54, 1.807) is 43.3 Å². The molecule has 3 heterocycles. The van der Waals surface area contributed by atoms with Gasteiger partial charge in [0.05, 0.1) is 33.5 Å². The molecule has 0 unspecified atom stereocenters. The van der Waals surface area contributed by atoms with Crippen molar-refractivity contribution in [1.29, 1.82) is 0 Å². The number of allylic oxidation sites excluding steroid dienone is 1. The van der Waals surface area contributed by atoms with Crippen LogP contribution in [0.2, 0.25) is 10.0 Å². The Morgan fingerprint density at radius 2 is 1.93 bits per heavy atom. The Morgan fingerprint density at radius 1 is 1.14 bits per heavy atom. The van der Waals surface area contributed by atoms with Crippen molar-refractivity contribution in [2.75, 3.05) is 20.3 Å². The number of aromatic nitrogens is 1. The van der Waals surface area contributed by atoms with E-state index in [0.717, 1.165) is 0 Å². The second-order valence-electron chi connectivity index (χ2n) is 9.74. The van der Waals surface area contributed by atoms with Crippen LogP contribution in [-0.4, -0.2) is 37.0 Å². The van der Waals surface area contributed by atoms with E-state index in [1.807, 2.05) is 38.1 Å². The average Bonchev–Trinajstić information content (AvgIpc) is 3.52. The molecule has 1 aliphatic heterocycles. The van der Waals surface area contributed by atoms with Gasteiger partial charge in [-0.1, -0.05) is 52.7 Å². The predicted molar refractivity (Wildman–Crippen MR) is 163 cm³/mol. The quantitative estimate of drug-likeness (QED) is 0.173. The van der Waals surface area contributed by atoms with Gasteiger partial charge in [-0.3, -0.25) is 9.36 Å². The SMILES string of the molecule is COCCOC(=O)C1=C(C)N=c2s/c(=C/c3ccc(-c4ccc(Cl)cc4Cl)o3)c(=O)n2[C@H]1c1ccccc1OC(C)C. The lowest BCUT2D eigenvalue weighted by Gasteiger charge is -2.27. The van der Waals surface area contributed by atoms with Gasteiger partial charge >= 0.3 is 5.97 Å². The van der Waals surface area contributed by atoms with Gasteiger partial charge in [0.2, 0.25) is 0 Å². The maximum atomic E-state index is 14.0. The highest BCUT2D eigenvalue weighted by molar-refractivity contribution is 7.07. The predicted octanol–water partition coefficient (Wildman–Crippen LogP) is 5.78. The van der Waals surface area contributed by atoms with E-state index in [4.69, 9.17) is 41.8 Å². The molecule has 8 nitrogen and oxygen atoms in total. The summed E-state index contributed by atoms with van der Waals surface area (Å²) in [5, 5.41) is 0.967. The van der Waals surface area contributed by atoms with Gasteiger partial charge in [0, 0.05) is 29.3 Å². The van der Waals surface area contributed by atoms with Gasteiger partial charge in [-0.25, -0.2) is 9.79 Å². The summed E-state index contributed by atoms with van der Waals surface area (Å²) in [6.45, 7) is 5.86. The van der Waals surface area contributed by atoms with E-state index in [0.29, 0.717) is 53.5 Å². The number of para-hydroxylation sites is 1. The van der Waals surface area contributed by atoms with E-state index in [9.17, 15) is 9.59 Å². The Morgan fingerprint density at radius 3 is 2.67 bits per heavy atom. The van der Waals surface area contributed by atoms with Crippen LogP contribution in [0.4, 0.5) is 0 Å². The summed E-state index contributed by atoms with van der Waals surface area (Å²) in [6.07, 6.45) is 1.52. The number of methoxy groups -OCH3 is 1. The van der Waals surface area contributed by atoms with E-state index < -0.39 is 12.0 Å². The van der Waals surface area contributed by atoms with Crippen LogP contribution in [0.3, 0.4) is 0 Å². The van der Waals surface area contributed by atoms with Crippen LogP contribution in [0.1, 0.15) is 38.1 Å². The number of hydrogen-bond acceptors (Lipinski definition) is 8. The fourth-order valence-corrected chi connectivity index (χ4v) is 6.16. The number of ether oxygens (including phenoxy) is 3.